The molecule has 0 spiro atoms. The molecule has 29 heavy (non-hydrogen) atoms. The normalized spacial score (nSPS) is 14.3. The van der Waals surface area contributed by atoms with Crippen LogP contribution in [0.2, 0.25) is 0 Å². The smallest absolute Gasteiger partial charge is 0.289 e. The van der Waals surface area contributed by atoms with Crippen molar-refractivity contribution in [2.75, 3.05) is 39.8 Å². The fourth-order valence-corrected chi connectivity index (χ4v) is 3.08. The predicted octanol–water partition coefficient (Wildman–Crippen LogP) is 2.54. The van der Waals surface area contributed by atoms with Gasteiger partial charge in [0.1, 0.15) is 11.5 Å². The molecule has 1 aromatic heterocycles. The first-order valence-corrected chi connectivity index (χ1v) is 9.34. The molecule has 2 heterocycles. The lowest BCUT2D eigenvalue weighted by Gasteiger charge is -2.36. The fourth-order valence-electron chi connectivity index (χ4n) is 3.08. The van der Waals surface area contributed by atoms with E-state index < -0.39 is 0 Å². The van der Waals surface area contributed by atoms with Crippen LogP contribution in [0.25, 0.3) is 0 Å². The first-order valence-electron chi connectivity index (χ1n) is 9.34. The number of carbonyl (C=O) groups is 1. The summed E-state index contributed by atoms with van der Waals surface area (Å²) in [5.74, 6) is 1.90. The van der Waals surface area contributed by atoms with E-state index in [1.165, 1.54) is 6.26 Å². The van der Waals surface area contributed by atoms with Crippen molar-refractivity contribution in [2.45, 2.75) is 13.5 Å². The van der Waals surface area contributed by atoms with Crippen LogP contribution in [0.4, 0.5) is 0 Å². The lowest BCUT2D eigenvalue weighted by Crippen LogP contribution is -2.53. The SMILES string of the molecule is CCNC(=NCc1cc(OC)ccc1O)N1CCN(C(=O)c2ccco2)CC1.I. The molecule has 3 rings (SSSR count). The minimum atomic E-state index is -0.0899. The summed E-state index contributed by atoms with van der Waals surface area (Å²) in [6.07, 6.45) is 1.51. The number of aromatic hydroxyl groups is 1. The van der Waals surface area contributed by atoms with Crippen LogP contribution in [0.1, 0.15) is 23.0 Å². The van der Waals surface area contributed by atoms with Crippen LogP contribution in [-0.2, 0) is 6.54 Å². The third-order valence-electron chi connectivity index (χ3n) is 4.62. The van der Waals surface area contributed by atoms with Crippen molar-refractivity contribution in [3.63, 3.8) is 0 Å². The maximum Gasteiger partial charge on any atom is 0.289 e. The number of phenols is 1. The zero-order chi connectivity index (χ0) is 19.9. The van der Waals surface area contributed by atoms with Crippen LogP contribution in [0.3, 0.4) is 0 Å². The zero-order valence-corrected chi connectivity index (χ0v) is 19.0. The first kappa shape index (κ1) is 22.9. The lowest BCUT2D eigenvalue weighted by molar-refractivity contribution is 0.0657. The molecule has 158 valence electrons. The standard InChI is InChI=1S/C20H26N4O4.HI/c1-3-21-20(22-14-15-13-16(27-2)6-7-17(15)25)24-10-8-23(9-11-24)19(26)18-5-4-12-28-18;/h4-7,12-13,25H,3,8-11,14H2,1-2H3,(H,21,22);1H. The number of amides is 1. The Bertz CT molecular complexity index is 818. The molecule has 2 N–H and O–H groups in total. The molecule has 2 aromatic rings. The second-order valence-electron chi connectivity index (χ2n) is 6.42. The molecular formula is C20H27IN4O4. The summed E-state index contributed by atoms with van der Waals surface area (Å²) in [4.78, 5) is 21.0. The maximum atomic E-state index is 12.4. The molecule has 1 amide bonds. The molecule has 0 radical (unpaired) electrons. The molecule has 1 aliphatic rings. The number of carbonyl (C=O) groups excluding carboxylic acids is 1. The van der Waals surface area contributed by atoms with Gasteiger partial charge in [-0.25, -0.2) is 4.99 Å². The third kappa shape index (κ3) is 5.78. The molecular weight excluding hydrogens is 487 g/mol. The molecule has 0 saturated carbocycles. The minimum absolute atomic E-state index is 0. The number of halogens is 1. The van der Waals surface area contributed by atoms with Crippen LogP contribution >= 0.6 is 24.0 Å². The molecule has 1 fully saturated rings. The van der Waals surface area contributed by atoms with Crippen LogP contribution in [0, 0.1) is 0 Å². The van der Waals surface area contributed by atoms with E-state index in [0.717, 1.165) is 12.5 Å². The number of ether oxygens (including phenoxy) is 1. The number of phenolic OH excluding ortho intramolecular Hbond substituents is 1. The highest BCUT2D eigenvalue weighted by Crippen LogP contribution is 2.23. The van der Waals surface area contributed by atoms with E-state index in [4.69, 9.17) is 9.15 Å². The number of benzene rings is 1. The first-order chi connectivity index (χ1) is 13.6. The quantitative estimate of drug-likeness (QED) is 0.362. The summed E-state index contributed by atoms with van der Waals surface area (Å²) in [5.41, 5.74) is 0.696. The van der Waals surface area contributed by atoms with Gasteiger partial charge in [-0.3, -0.25) is 4.79 Å². The molecule has 9 heteroatoms. The highest BCUT2D eigenvalue weighted by molar-refractivity contribution is 14.0. The van der Waals surface area contributed by atoms with Crippen molar-refractivity contribution in [2.24, 2.45) is 4.99 Å². The number of nitrogens with zero attached hydrogens (tertiary/aromatic N) is 3. The summed E-state index contributed by atoms with van der Waals surface area (Å²) in [5, 5.41) is 13.3. The van der Waals surface area contributed by atoms with Crippen molar-refractivity contribution >= 4 is 35.8 Å². The topological polar surface area (TPSA) is 90.5 Å². The Kier molecular flexibility index (Phi) is 8.62. The average Bonchev–Trinajstić information content (AvgIpc) is 3.26. The molecule has 0 unspecified atom stereocenters. The van der Waals surface area contributed by atoms with Gasteiger partial charge in [0.2, 0.25) is 0 Å². The van der Waals surface area contributed by atoms with Gasteiger partial charge in [-0.2, -0.15) is 0 Å². The number of furan rings is 1. The molecule has 1 aliphatic heterocycles. The highest BCUT2D eigenvalue weighted by atomic mass is 127. The number of hydrogen-bond acceptors (Lipinski definition) is 5. The van der Waals surface area contributed by atoms with Gasteiger partial charge in [-0.1, -0.05) is 0 Å². The van der Waals surface area contributed by atoms with Gasteiger partial charge in [0.25, 0.3) is 5.91 Å². The van der Waals surface area contributed by atoms with E-state index in [2.05, 4.69) is 15.2 Å². The molecule has 0 bridgehead atoms. The van der Waals surface area contributed by atoms with Gasteiger partial charge in [0, 0.05) is 38.3 Å². The number of hydrogen-bond donors (Lipinski definition) is 2. The van der Waals surface area contributed by atoms with Crippen LogP contribution < -0.4 is 10.1 Å². The predicted molar refractivity (Wildman–Crippen MR) is 121 cm³/mol. The number of methoxy groups -OCH3 is 1. The van der Waals surface area contributed by atoms with Crippen LogP contribution in [-0.4, -0.2) is 66.6 Å². The molecule has 1 saturated heterocycles. The van der Waals surface area contributed by atoms with Crippen LogP contribution in [0.15, 0.2) is 46.0 Å². The van der Waals surface area contributed by atoms with Crippen molar-refractivity contribution in [3.8, 4) is 11.5 Å². The Morgan fingerprint density at radius 1 is 1.24 bits per heavy atom. The van der Waals surface area contributed by atoms with Gasteiger partial charge < -0.3 is 29.4 Å². The maximum absolute atomic E-state index is 12.4. The second-order valence-corrected chi connectivity index (χ2v) is 6.42. The van der Waals surface area contributed by atoms with Crippen molar-refractivity contribution in [1.29, 1.82) is 0 Å². The highest BCUT2D eigenvalue weighted by Gasteiger charge is 2.25. The second kappa shape index (κ2) is 10.9. The van der Waals surface area contributed by atoms with Gasteiger partial charge in [0.05, 0.1) is 19.9 Å². The van der Waals surface area contributed by atoms with Gasteiger partial charge >= 0.3 is 0 Å². The van der Waals surface area contributed by atoms with E-state index in [9.17, 15) is 9.90 Å². The van der Waals surface area contributed by atoms with Gasteiger partial charge in [0.15, 0.2) is 11.7 Å². The number of guanidine groups is 1. The monoisotopic (exact) mass is 514 g/mol. The van der Waals surface area contributed by atoms with Gasteiger partial charge in [-0.05, 0) is 37.3 Å². The number of rotatable bonds is 5. The average molecular weight is 514 g/mol. The van der Waals surface area contributed by atoms with E-state index >= 15 is 0 Å². The summed E-state index contributed by atoms with van der Waals surface area (Å²) in [7, 11) is 1.59. The Hall–Kier alpha value is -2.43. The molecule has 8 nitrogen and oxygen atoms in total. The Balaban J connectivity index is 0.00000300. The number of piperazine rings is 1. The molecule has 0 atom stereocenters. The summed E-state index contributed by atoms with van der Waals surface area (Å²) in [6.45, 7) is 5.59. The Labute approximate surface area is 187 Å². The summed E-state index contributed by atoms with van der Waals surface area (Å²) >= 11 is 0. The van der Waals surface area contributed by atoms with Crippen molar-refractivity contribution in [3.05, 3.63) is 47.9 Å². The minimum Gasteiger partial charge on any atom is -0.508 e. The number of nitrogens with one attached hydrogen (secondary N) is 1. The largest absolute Gasteiger partial charge is 0.508 e. The summed E-state index contributed by atoms with van der Waals surface area (Å²) < 4.78 is 10.4. The van der Waals surface area contributed by atoms with E-state index in [0.29, 0.717) is 49.8 Å². The fraction of sp³-hybridized carbons (Fsp3) is 0.400. The summed E-state index contributed by atoms with van der Waals surface area (Å²) in [6, 6.07) is 8.50. The van der Waals surface area contributed by atoms with E-state index in [-0.39, 0.29) is 35.6 Å². The van der Waals surface area contributed by atoms with Crippen LogP contribution in [0.5, 0.6) is 11.5 Å². The molecule has 1 aromatic carbocycles. The lowest BCUT2D eigenvalue weighted by atomic mass is 10.2. The Morgan fingerprint density at radius 3 is 2.59 bits per heavy atom. The third-order valence-corrected chi connectivity index (χ3v) is 4.62. The van der Waals surface area contributed by atoms with Gasteiger partial charge in [-0.15, -0.1) is 24.0 Å². The van der Waals surface area contributed by atoms with Crippen molar-refractivity contribution < 1.29 is 19.1 Å². The zero-order valence-electron chi connectivity index (χ0n) is 16.6. The molecule has 0 aliphatic carbocycles. The van der Waals surface area contributed by atoms with Crippen molar-refractivity contribution in [1.82, 2.24) is 15.1 Å². The van der Waals surface area contributed by atoms with E-state index in [1.54, 1.807) is 42.3 Å². The van der Waals surface area contributed by atoms with E-state index in [1.807, 2.05) is 6.92 Å². The Morgan fingerprint density at radius 2 is 1.97 bits per heavy atom. The number of aliphatic imine (C=N–C) groups is 1.